The fourth-order valence-corrected chi connectivity index (χ4v) is 4.31. The number of methoxy groups -OCH3 is 1. The summed E-state index contributed by atoms with van der Waals surface area (Å²) in [6, 6.07) is 11.5. The smallest absolute Gasteiger partial charge is 0.251 e. The zero-order valence-electron chi connectivity index (χ0n) is 17.2. The van der Waals surface area contributed by atoms with Gasteiger partial charge in [-0.1, -0.05) is 30.2 Å². The second kappa shape index (κ2) is 9.58. The van der Waals surface area contributed by atoms with E-state index in [4.69, 9.17) is 25.8 Å². The Bertz CT molecular complexity index is 882. The van der Waals surface area contributed by atoms with Crippen LogP contribution in [0.4, 0.5) is 0 Å². The minimum absolute atomic E-state index is 0.104. The lowest BCUT2D eigenvalue weighted by molar-refractivity contribution is 0.0923. The van der Waals surface area contributed by atoms with Crippen LogP contribution >= 0.6 is 11.6 Å². The molecule has 2 aromatic rings. The van der Waals surface area contributed by atoms with Gasteiger partial charge in [0, 0.05) is 12.1 Å². The van der Waals surface area contributed by atoms with Gasteiger partial charge in [-0.15, -0.1) is 0 Å². The van der Waals surface area contributed by atoms with Gasteiger partial charge in [0.15, 0.2) is 11.5 Å². The number of fused-ring (bicyclic) bond motifs is 1. The fourth-order valence-electron chi connectivity index (χ4n) is 4.05. The van der Waals surface area contributed by atoms with E-state index >= 15 is 0 Å². The minimum Gasteiger partial charge on any atom is -0.497 e. The number of rotatable bonds is 6. The average Bonchev–Trinajstić information content (AvgIpc) is 2.80. The van der Waals surface area contributed by atoms with Crippen LogP contribution in [0.3, 0.4) is 0 Å². The minimum atomic E-state index is -0.176. The first-order valence-corrected chi connectivity index (χ1v) is 10.8. The van der Waals surface area contributed by atoms with Crippen LogP contribution in [-0.2, 0) is 0 Å². The largest absolute Gasteiger partial charge is 0.497 e. The highest BCUT2D eigenvalue weighted by molar-refractivity contribution is 6.32. The molecule has 1 fully saturated rings. The average molecular weight is 431 g/mol. The summed E-state index contributed by atoms with van der Waals surface area (Å²) in [6.45, 7) is 3.47. The molecule has 6 nitrogen and oxygen atoms in total. The number of amides is 1. The molecule has 7 heteroatoms. The van der Waals surface area contributed by atoms with Gasteiger partial charge in [-0.2, -0.15) is 0 Å². The lowest BCUT2D eigenvalue weighted by Gasteiger charge is -2.35. The Kier molecular flexibility index (Phi) is 6.65. The number of nitrogens with zero attached hydrogens (tertiary/aromatic N) is 1. The van der Waals surface area contributed by atoms with Crippen molar-refractivity contribution >= 4 is 17.5 Å². The molecule has 0 aromatic heterocycles. The molecular weight excluding hydrogens is 404 g/mol. The van der Waals surface area contributed by atoms with Gasteiger partial charge in [-0.05, 0) is 55.8 Å². The number of ether oxygens (including phenoxy) is 3. The Labute approximate surface area is 182 Å². The quantitative estimate of drug-likeness (QED) is 0.748. The number of carbonyl (C=O) groups is 1. The molecule has 30 heavy (non-hydrogen) atoms. The maximum atomic E-state index is 12.9. The molecular formula is C23H27ClN2O4. The molecule has 2 aliphatic heterocycles. The van der Waals surface area contributed by atoms with E-state index < -0.39 is 0 Å². The number of carbonyl (C=O) groups excluding carboxylic acids is 1. The molecule has 160 valence electrons. The molecule has 2 heterocycles. The predicted octanol–water partition coefficient (Wildman–Crippen LogP) is 4.08. The first-order valence-electron chi connectivity index (χ1n) is 10.4. The van der Waals surface area contributed by atoms with Crippen molar-refractivity contribution in [3.05, 3.63) is 52.5 Å². The van der Waals surface area contributed by atoms with Crippen LogP contribution in [-0.4, -0.2) is 50.8 Å². The van der Waals surface area contributed by atoms with Crippen molar-refractivity contribution in [2.75, 3.05) is 40.0 Å². The summed E-state index contributed by atoms with van der Waals surface area (Å²) in [5.74, 6) is 1.67. The zero-order valence-corrected chi connectivity index (χ0v) is 17.9. The molecule has 1 N–H and O–H groups in total. The number of likely N-dealkylation sites (tertiary alicyclic amines) is 1. The number of hydrogen-bond acceptors (Lipinski definition) is 5. The highest BCUT2D eigenvalue weighted by Crippen LogP contribution is 2.38. The molecule has 1 amide bonds. The fraction of sp³-hybridized carbons (Fsp3) is 0.435. The molecule has 2 aromatic carbocycles. The number of hydrogen-bond donors (Lipinski definition) is 1. The maximum Gasteiger partial charge on any atom is 0.251 e. The molecule has 2 aliphatic rings. The third kappa shape index (κ3) is 4.65. The van der Waals surface area contributed by atoms with Crippen LogP contribution in [0.2, 0.25) is 5.02 Å². The summed E-state index contributed by atoms with van der Waals surface area (Å²) in [6.07, 6.45) is 3.62. The highest BCUT2D eigenvalue weighted by atomic mass is 35.5. The molecule has 0 radical (unpaired) electrons. The molecule has 0 spiro atoms. The van der Waals surface area contributed by atoms with Crippen molar-refractivity contribution in [2.45, 2.75) is 25.3 Å². The first kappa shape index (κ1) is 20.8. The van der Waals surface area contributed by atoms with E-state index in [1.165, 1.54) is 24.8 Å². The van der Waals surface area contributed by atoms with Crippen LogP contribution < -0.4 is 19.5 Å². The van der Waals surface area contributed by atoms with Crippen LogP contribution in [0.1, 0.15) is 41.2 Å². The Morgan fingerprint density at radius 3 is 2.60 bits per heavy atom. The summed E-state index contributed by atoms with van der Waals surface area (Å²) in [7, 11) is 1.66. The van der Waals surface area contributed by atoms with Crippen LogP contribution in [0, 0.1) is 0 Å². The molecule has 4 rings (SSSR count). The van der Waals surface area contributed by atoms with E-state index in [2.05, 4.69) is 22.3 Å². The van der Waals surface area contributed by atoms with E-state index in [1.807, 2.05) is 12.1 Å². The first-order chi connectivity index (χ1) is 14.7. The van der Waals surface area contributed by atoms with Crippen LogP contribution in [0.25, 0.3) is 0 Å². The molecule has 1 atom stereocenters. The summed E-state index contributed by atoms with van der Waals surface area (Å²) < 4.78 is 16.4. The Morgan fingerprint density at radius 1 is 1.13 bits per heavy atom. The van der Waals surface area contributed by atoms with E-state index in [9.17, 15) is 4.79 Å². The molecule has 0 saturated carbocycles. The summed E-state index contributed by atoms with van der Waals surface area (Å²) in [5.41, 5.74) is 1.63. The van der Waals surface area contributed by atoms with Gasteiger partial charge in [0.25, 0.3) is 5.91 Å². The number of benzene rings is 2. The number of nitrogens with one attached hydrogen (secondary N) is 1. The van der Waals surface area contributed by atoms with Crippen molar-refractivity contribution in [3.8, 4) is 17.2 Å². The normalized spacial score (nSPS) is 17.3. The van der Waals surface area contributed by atoms with Crippen molar-refractivity contribution in [1.82, 2.24) is 10.2 Å². The molecule has 1 unspecified atom stereocenters. The second-order valence-corrected chi connectivity index (χ2v) is 7.99. The van der Waals surface area contributed by atoms with Gasteiger partial charge in [0.1, 0.15) is 19.0 Å². The highest BCUT2D eigenvalue weighted by Gasteiger charge is 2.24. The van der Waals surface area contributed by atoms with Crippen molar-refractivity contribution < 1.29 is 19.0 Å². The van der Waals surface area contributed by atoms with Gasteiger partial charge >= 0.3 is 0 Å². The SMILES string of the molecule is COc1ccc(C(CNC(=O)c2cc(Cl)c3c(c2)OCCO3)N2CCCCC2)cc1. The summed E-state index contributed by atoms with van der Waals surface area (Å²) in [4.78, 5) is 15.3. The zero-order chi connectivity index (χ0) is 20.9. The maximum absolute atomic E-state index is 12.9. The Balaban J connectivity index is 1.50. The second-order valence-electron chi connectivity index (χ2n) is 7.58. The van der Waals surface area contributed by atoms with E-state index in [0.717, 1.165) is 18.8 Å². The Morgan fingerprint density at radius 2 is 1.87 bits per heavy atom. The van der Waals surface area contributed by atoms with Crippen LogP contribution in [0.5, 0.6) is 17.2 Å². The molecule has 0 bridgehead atoms. The van der Waals surface area contributed by atoms with E-state index in [1.54, 1.807) is 19.2 Å². The summed E-state index contributed by atoms with van der Waals surface area (Å²) >= 11 is 6.30. The van der Waals surface area contributed by atoms with Gasteiger partial charge in [0.2, 0.25) is 0 Å². The van der Waals surface area contributed by atoms with Gasteiger partial charge in [0.05, 0.1) is 18.2 Å². The monoisotopic (exact) mass is 430 g/mol. The third-order valence-electron chi connectivity index (χ3n) is 5.65. The van der Waals surface area contributed by atoms with Crippen molar-refractivity contribution in [2.24, 2.45) is 0 Å². The lowest BCUT2D eigenvalue weighted by Crippen LogP contribution is -2.40. The van der Waals surface area contributed by atoms with Gasteiger partial charge in [-0.3, -0.25) is 9.69 Å². The standard InChI is InChI=1S/C23H27ClN2O4/c1-28-18-7-5-16(6-8-18)20(26-9-3-2-4-10-26)15-25-23(27)17-13-19(24)22-21(14-17)29-11-12-30-22/h5-8,13-14,20H,2-4,9-12,15H2,1H3,(H,25,27). The van der Waals surface area contributed by atoms with Crippen LogP contribution in [0.15, 0.2) is 36.4 Å². The third-order valence-corrected chi connectivity index (χ3v) is 5.93. The molecule has 0 aliphatic carbocycles. The summed E-state index contributed by atoms with van der Waals surface area (Å²) in [5, 5.41) is 3.48. The van der Waals surface area contributed by atoms with E-state index in [-0.39, 0.29) is 11.9 Å². The predicted molar refractivity (Wildman–Crippen MR) is 116 cm³/mol. The Hall–Kier alpha value is -2.44. The lowest BCUT2D eigenvalue weighted by atomic mass is 10.0. The van der Waals surface area contributed by atoms with Gasteiger partial charge in [-0.25, -0.2) is 0 Å². The topological polar surface area (TPSA) is 60.0 Å². The van der Waals surface area contributed by atoms with Gasteiger partial charge < -0.3 is 19.5 Å². The molecule has 1 saturated heterocycles. The van der Waals surface area contributed by atoms with Crippen molar-refractivity contribution in [3.63, 3.8) is 0 Å². The number of halogens is 1. The van der Waals surface area contributed by atoms with E-state index in [0.29, 0.717) is 41.8 Å². The number of piperidine rings is 1. The van der Waals surface area contributed by atoms with Crippen molar-refractivity contribution in [1.29, 1.82) is 0 Å².